The SMILES string of the molecule is CC1C=CC2(O)C(=O)OC(=O)C2(O)C1(O)O. The van der Waals surface area contributed by atoms with Crippen LogP contribution in [0.4, 0.5) is 0 Å². The zero-order valence-corrected chi connectivity index (χ0v) is 8.25. The monoisotopic (exact) mass is 230 g/mol. The minimum Gasteiger partial charge on any atom is -0.388 e. The van der Waals surface area contributed by atoms with Gasteiger partial charge in [-0.1, -0.05) is 13.0 Å². The van der Waals surface area contributed by atoms with Crippen molar-refractivity contribution in [1.82, 2.24) is 0 Å². The number of esters is 2. The van der Waals surface area contributed by atoms with Crippen LogP contribution in [0.25, 0.3) is 0 Å². The van der Waals surface area contributed by atoms with Gasteiger partial charge < -0.3 is 25.2 Å². The molecule has 0 radical (unpaired) electrons. The van der Waals surface area contributed by atoms with Crippen molar-refractivity contribution in [2.45, 2.75) is 23.9 Å². The molecule has 4 N–H and O–H groups in total. The van der Waals surface area contributed by atoms with Gasteiger partial charge in [0.25, 0.3) is 5.60 Å². The van der Waals surface area contributed by atoms with E-state index in [2.05, 4.69) is 4.74 Å². The predicted molar refractivity (Wildman–Crippen MR) is 46.5 cm³/mol. The molecule has 0 saturated carbocycles. The van der Waals surface area contributed by atoms with E-state index in [0.29, 0.717) is 0 Å². The largest absolute Gasteiger partial charge is 0.388 e. The average molecular weight is 230 g/mol. The third kappa shape index (κ3) is 0.874. The number of rotatable bonds is 0. The number of carbonyl (C=O) groups is 2. The molecule has 0 aromatic heterocycles. The van der Waals surface area contributed by atoms with Gasteiger partial charge in [0.2, 0.25) is 11.4 Å². The summed E-state index contributed by atoms with van der Waals surface area (Å²) in [5, 5.41) is 39.1. The molecule has 2 aliphatic rings. The van der Waals surface area contributed by atoms with Crippen molar-refractivity contribution in [3.63, 3.8) is 0 Å². The Morgan fingerprint density at radius 3 is 2.31 bits per heavy atom. The minimum atomic E-state index is -3.11. The van der Waals surface area contributed by atoms with Gasteiger partial charge in [0.1, 0.15) is 0 Å². The first kappa shape index (κ1) is 11.2. The fourth-order valence-electron chi connectivity index (χ4n) is 1.91. The first-order chi connectivity index (χ1) is 7.18. The van der Waals surface area contributed by atoms with Crippen LogP contribution < -0.4 is 0 Å². The van der Waals surface area contributed by atoms with E-state index >= 15 is 0 Å². The van der Waals surface area contributed by atoms with Gasteiger partial charge in [-0.15, -0.1) is 0 Å². The van der Waals surface area contributed by atoms with E-state index in [1.165, 1.54) is 6.92 Å². The van der Waals surface area contributed by atoms with E-state index < -0.39 is 34.8 Å². The van der Waals surface area contributed by atoms with Crippen molar-refractivity contribution in [3.8, 4) is 0 Å². The van der Waals surface area contributed by atoms with Crippen LogP contribution in [0.3, 0.4) is 0 Å². The molecule has 1 saturated heterocycles. The molecule has 1 aliphatic carbocycles. The molecule has 16 heavy (non-hydrogen) atoms. The quantitative estimate of drug-likeness (QED) is 0.156. The van der Waals surface area contributed by atoms with Gasteiger partial charge in [-0.2, -0.15) is 0 Å². The van der Waals surface area contributed by atoms with E-state index in [9.17, 15) is 30.0 Å². The van der Waals surface area contributed by atoms with Crippen LogP contribution in [0.5, 0.6) is 0 Å². The van der Waals surface area contributed by atoms with Gasteiger partial charge in [0.15, 0.2) is 0 Å². The minimum absolute atomic E-state index is 0.829. The Hall–Kier alpha value is -1.28. The van der Waals surface area contributed by atoms with Crippen LogP contribution in [-0.4, -0.2) is 49.4 Å². The molecule has 2 rings (SSSR count). The molecule has 0 spiro atoms. The number of hydrogen-bond donors (Lipinski definition) is 4. The second-order valence-corrected chi connectivity index (χ2v) is 4.03. The third-order valence-corrected chi connectivity index (χ3v) is 3.14. The first-order valence-corrected chi connectivity index (χ1v) is 4.53. The molecule has 1 heterocycles. The molecule has 0 aromatic rings. The van der Waals surface area contributed by atoms with Gasteiger partial charge >= 0.3 is 11.9 Å². The Balaban J connectivity index is 2.72. The standard InChI is InChI=1S/C9H10O7/c1-4-2-3-7(12)5(10)16-6(11)8(7,13)9(4,14)15/h2-4,12-15H,1H3. The van der Waals surface area contributed by atoms with Gasteiger partial charge in [-0.3, -0.25) is 0 Å². The van der Waals surface area contributed by atoms with Gasteiger partial charge in [-0.25, -0.2) is 9.59 Å². The van der Waals surface area contributed by atoms with Crippen LogP contribution in [0.2, 0.25) is 0 Å². The lowest BCUT2D eigenvalue weighted by Gasteiger charge is -2.44. The molecule has 0 aromatic carbocycles. The van der Waals surface area contributed by atoms with E-state index in [0.717, 1.165) is 12.2 Å². The molecular weight excluding hydrogens is 220 g/mol. The van der Waals surface area contributed by atoms with Crippen molar-refractivity contribution in [2.24, 2.45) is 5.92 Å². The van der Waals surface area contributed by atoms with Gasteiger partial charge in [0.05, 0.1) is 0 Å². The highest BCUT2D eigenvalue weighted by atomic mass is 16.6. The second-order valence-electron chi connectivity index (χ2n) is 4.03. The Labute approximate surface area is 89.6 Å². The van der Waals surface area contributed by atoms with Crippen molar-refractivity contribution >= 4 is 11.9 Å². The summed E-state index contributed by atoms with van der Waals surface area (Å²) in [5.41, 5.74) is -5.87. The molecule has 0 bridgehead atoms. The normalized spacial score (nSPS) is 45.4. The zero-order valence-electron chi connectivity index (χ0n) is 8.25. The van der Waals surface area contributed by atoms with Crippen molar-refractivity contribution in [2.75, 3.05) is 0 Å². The molecular formula is C9H10O7. The molecule has 7 heteroatoms. The third-order valence-electron chi connectivity index (χ3n) is 3.14. The fourth-order valence-corrected chi connectivity index (χ4v) is 1.91. The fraction of sp³-hybridized carbons (Fsp3) is 0.556. The molecule has 7 nitrogen and oxygen atoms in total. The Morgan fingerprint density at radius 1 is 1.19 bits per heavy atom. The predicted octanol–water partition coefficient (Wildman–Crippen LogP) is -2.58. The maximum atomic E-state index is 11.3. The lowest BCUT2D eigenvalue weighted by atomic mass is 9.69. The highest BCUT2D eigenvalue weighted by Crippen LogP contribution is 2.46. The number of ether oxygens (including phenoxy) is 1. The maximum Gasteiger partial charge on any atom is 0.355 e. The zero-order chi connectivity index (χ0) is 12.4. The van der Waals surface area contributed by atoms with Crippen LogP contribution in [0.1, 0.15) is 6.92 Å². The van der Waals surface area contributed by atoms with Crippen molar-refractivity contribution in [3.05, 3.63) is 12.2 Å². The van der Waals surface area contributed by atoms with Gasteiger partial charge in [-0.05, 0) is 6.08 Å². The van der Waals surface area contributed by atoms with Gasteiger partial charge in [0, 0.05) is 5.92 Å². The van der Waals surface area contributed by atoms with Crippen LogP contribution in [0.15, 0.2) is 12.2 Å². The smallest absolute Gasteiger partial charge is 0.355 e. The molecule has 88 valence electrons. The lowest BCUT2D eigenvalue weighted by molar-refractivity contribution is -0.311. The maximum absolute atomic E-state index is 11.3. The summed E-state index contributed by atoms with van der Waals surface area (Å²) >= 11 is 0. The number of cyclic esters (lactones) is 2. The van der Waals surface area contributed by atoms with E-state index in [1.54, 1.807) is 0 Å². The molecule has 3 unspecified atom stereocenters. The van der Waals surface area contributed by atoms with Crippen LogP contribution in [-0.2, 0) is 14.3 Å². The summed E-state index contributed by atoms with van der Waals surface area (Å²) in [7, 11) is 0. The molecule has 1 aliphatic heterocycles. The number of hydrogen-bond acceptors (Lipinski definition) is 7. The molecule has 0 amide bonds. The second kappa shape index (κ2) is 2.69. The summed E-state index contributed by atoms with van der Waals surface area (Å²) in [6.07, 6.45) is 1.93. The average Bonchev–Trinajstić information content (AvgIpc) is 2.37. The summed E-state index contributed by atoms with van der Waals surface area (Å²) in [5.74, 6) is -7.06. The summed E-state index contributed by atoms with van der Waals surface area (Å²) in [6, 6.07) is 0. The number of aliphatic hydroxyl groups is 4. The highest BCUT2D eigenvalue weighted by molar-refractivity contribution is 6.07. The summed E-state index contributed by atoms with van der Waals surface area (Å²) in [4.78, 5) is 22.5. The van der Waals surface area contributed by atoms with Crippen LogP contribution >= 0.6 is 0 Å². The Bertz CT molecular complexity index is 412. The highest BCUT2D eigenvalue weighted by Gasteiger charge is 2.78. The van der Waals surface area contributed by atoms with E-state index in [4.69, 9.17) is 0 Å². The first-order valence-electron chi connectivity index (χ1n) is 4.53. The molecule has 3 atom stereocenters. The topological polar surface area (TPSA) is 124 Å². The number of carbonyl (C=O) groups excluding carboxylic acids is 2. The molecule has 1 fully saturated rings. The van der Waals surface area contributed by atoms with Crippen LogP contribution in [0, 0.1) is 5.92 Å². The lowest BCUT2D eigenvalue weighted by Crippen LogP contribution is -2.73. The van der Waals surface area contributed by atoms with E-state index in [1.807, 2.05) is 0 Å². The van der Waals surface area contributed by atoms with Crippen molar-refractivity contribution < 1.29 is 34.8 Å². The van der Waals surface area contributed by atoms with Crippen molar-refractivity contribution in [1.29, 1.82) is 0 Å². The summed E-state index contributed by atoms with van der Waals surface area (Å²) in [6.45, 7) is 1.30. The Kier molecular flexibility index (Phi) is 1.89. The Morgan fingerprint density at radius 2 is 1.75 bits per heavy atom. The van der Waals surface area contributed by atoms with E-state index in [-0.39, 0.29) is 0 Å². The summed E-state index contributed by atoms with van der Waals surface area (Å²) < 4.78 is 4.05. The number of fused-ring (bicyclic) bond motifs is 1.